The van der Waals surface area contributed by atoms with Crippen LogP contribution in [0, 0.1) is 0 Å². The van der Waals surface area contributed by atoms with Crippen LogP contribution in [0.1, 0.15) is 18.4 Å². The fourth-order valence-electron chi connectivity index (χ4n) is 1.92. The third-order valence-corrected chi connectivity index (χ3v) is 2.97. The molecule has 2 N–H and O–H groups in total. The second kappa shape index (κ2) is 5.15. The smallest absolute Gasteiger partial charge is 0.195 e. The van der Waals surface area contributed by atoms with Crippen molar-refractivity contribution in [3.63, 3.8) is 0 Å². The Hall–Kier alpha value is -0.610. The first-order valence-electron chi connectivity index (χ1n) is 5.51. The maximum absolute atomic E-state index is 5.87. The van der Waals surface area contributed by atoms with Crippen LogP contribution in [0.25, 0.3) is 0 Å². The Morgan fingerprint density at radius 1 is 1.19 bits per heavy atom. The van der Waals surface area contributed by atoms with Crippen LogP contribution in [0.2, 0.25) is 5.02 Å². The Bertz CT molecular complexity index is 328. The number of halogens is 1. The van der Waals surface area contributed by atoms with Gasteiger partial charge in [-0.05, 0) is 25.1 Å². The van der Waals surface area contributed by atoms with Crippen molar-refractivity contribution in [1.82, 2.24) is 0 Å². The van der Waals surface area contributed by atoms with Crippen molar-refractivity contribution in [2.24, 2.45) is 5.73 Å². The topological polar surface area (TPSA) is 44.5 Å². The molecule has 0 spiro atoms. The molecule has 16 heavy (non-hydrogen) atoms. The molecule has 3 nitrogen and oxygen atoms in total. The monoisotopic (exact) mass is 241 g/mol. The third-order valence-electron chi connectivity index (χ3n) is 2.72. The van der Waals surface area contributed by atoms with Crippen LogP contribution in [-0.4, -0.2) is 19.8 Å². The highest BCUT2D eigenvalue weighted by Gasteiger charge is 2.35. The maximum atomic E-state index is 5.87. The molecule has 2 rings (SSSR count). The van der Waals surface area contributed by atoms with Crippen molar-refractivity contribution >= 4 is 11.6 Å². The van der Waals surface area contributed by atoms with E-state index in [1.165, 1.54) is 0 Å². The van der Waals surface area contributed by atoms with Crippen molar-refractivity contribution in [3.8, 4) is 0 Å². The van der Waals surface area contributed by atoms with Gasteiger partial charge in [-0.1, -0.05) is 23.7 Å². The van der Waals surface area contributed by atoms with Gasteiger partial charge in [0.1, 0.15) is 0 Å². The minimum absolute atomic E-state index is 0.530. The van der Waals surface area contributed by atoms with E-state index >= 15 is 0 Å². The predicted octanol–water partition coefficient (Wildman–Crippen LogP) is 2.28. The molecule has 0 aliphatic carbocycles. The molecular formula is C12H16ClNO2. The number of hydrogen-bond donors (Lipinski definition) is 1. The number of nitrogens with two attached hydrogens (primary N) is 1. The van der Waals surface area contributed by atoms with Crippen LogP contribution in [0.3, 0.4) is 0 Å². The fourth-order valence-corrected chi connectivity index (χ4v) is 2.05. The van der Waals surface area contributed by atoms with Gasteiger partial charge in [-0.25, -0.2) is 0 Å². The Kier molecular flexibility index (Phi) is 3.82. The van der Waals surface area contributed by atoms with Crippen molar-refractivity contribution in [2.45, 2.75) is 18.6 Å². The summed E-state index contributed by atoms with van der Waals surface area (Å²) in [7, 11) is 0. The number of benzene rings is 1. The lowest BCUT2D eigenvalue weighted by Gasteiger charge is -2.37. The molecule has 1 aromatic rings. The largest absolute Gasteiger partial charge is 0.346 e. The molecular weight excluding hydrogens is 226 g/mol. The van der Waals surface area contributed by atoms with Crippen LogP contribution in [0.5, 0.6) is 0 Å². The summed E-state index contributed by atoms with van der Waals surface area (Å²) in [4.78, 5) is 0. The van der Waals surface area contributed by atoms with E-state index in [9.17, 15) is 0 Å². The summed E-state index contributed by atoms with van der Waals surface area (Å²) in [6, 6.07) is 7.56. The van der Waals surface area contributed by atoms with Gasteiger partial charge in [0.2, 0.25) is 0 Å². The molecule has 1 heterocycles. The first-order chi connectivity index (χ1) is 7.77. The zero-order valence-corrected chi connectivity index (χ0v) is 9.87. The van der Waals surface area contributed by atoms with E-state index in [2.05, 4.69) is 0 Å². The van der Waals surface area contributed by atoms with E-state index in [0.717, 1.165) is 12.0 Å². The first kappa shape index (κ1) is 11.9. The first-order valence-corrected chi connectivity index (χ1v) is 5.89. The van der Waals surface area contributed by atoms with Gasteiger partial charge in [-0.15, -0.1) is 0 Å². The summed E-state index contributed by atoms with van der Waals surface area (Å²) in [5, 5.41) is 0.711. The minimum atomic E-state index is -0.669. The second-order valence-electron chi connectivity index (χ2n) is 3.85. The number of ether oxygens (including phenoxy) is 2. The number of hydrogen-bond acceptors (Lipinski definition) is 3. The molecule has 1 aliphatic heterocycles. The molecule has 0 atom stereocenters. The van der Waals surface area contributed by atoms with Crippen molar-refractivity contribution in [3.05, 3.63) is 34.9 Å². The molecule has 0 saturated carbocycles. The molecule has 0 unspecified atom stereocenters. The molecule has 88 valence electrons. The van der Waals surface area contributed by atoms with Gasteiger partial charge in [0.25, 0.3) is 0 Å². The SMILES string of the molecule is NCCC1(c2ccc(Cl)cc2)OCCCO1. The van der Waals surface area contributed by atoms with E-state index < -0.39 is 5.79 Å². The van der Waals surface area contributed by atoms with E-state index in [1.54, 1.807) is 0 Å². The zero-order valence-electron chi connectivity index (χ0n) is 9.12. The summed E-state index contributed by atoms with van der Waals surface area (Å²) in [6.45, 7) is 1.95. The molecule has 0 radical (unpaired) electrons. The lowest BCUT2D eigenvalue weighted by atomic mass is 10.0. The Balaban J connectivity index is 2.26. The lowest BCUT2D eigenvalue weighted by molar-refractivity contribution is -0.278. The molecule has 0 aromatic heterocycles. The van der Waals surface area contributed by atoms with Crippen LogP contribution >= 0.6 is 11.6 Å². The van der Waals surface area contributed by atoms with E-state index in [1.807, 2.05) is 24.3 Å². The Morgan fingerprint density at radius 2 is 1.81 bits per heavy atom. The van der Waals surface area contributed by atoms with Crippen molar-refractivity contribution < 1.29 is 9.47 Å². The van der Waals surface area contributed by atoms with Gasteiger partial charge in [0.15, 0.2) is 5.79 Å². The van der Waals surface area contributed by atoms with E-state index in [0.29, 0.717) is 31.2 Å². The van der Waals surface area contributed by atoms with Crippen LogP contribution < -0.4 is 5.73 Å². The Morgan fingerprint density at radius 3 is 2.38 bits per heavy atom. The van der Waals surface area contributed by atoms with Gasteiger partial charge in [0, 0.05) is 17.0 Å². The molecule has 1 fully saturated rings. The van der Waals surface area contributed by atoms with Gasteiger partial charge >= 0.3 is 0 Å². The van der Waals surface area contributed by atoms with Crippen LogP contribution in [0.4, 0.5) is 0 Å². The van der Waals surface area contributed by atoms with E-state index in [-0.39, 0.29) is 0 Å². The Labute approximate surface area is 100 Å². The summed E-state index contributed by atoms with van der Waals surface area (Å²) in [5.41, 5.74) is 6.61. The fraction of sp³-hybridized carbons (Fsp3) is 0.500. The van der Waals surface area contributed by atoms with Crippen molar-refractivity contribution in [1.29, 1.82) is 0 Å². The summed E-state index contributed by atoms with van der Waals surface area (Å²) in [6.07, 6.45) is 1.59. The van der Waals surface area contributed by atoms with Crippen LogP contribution in [0.15, 0.2) is 24.3 Å². The minimum Gasteiger partial charge on any atom is -0.346 e. The quantitative estimate of drug-likeness (QED) is 0.883. The molecule has 0 amide bonds. The molecule has 1 aromatic carbocycles. The lowest BCUT2D eigenvalue weighted by Crippen LogP contribution is -2.39. The van der Waals surface area contributed by atoms with Crippen molar-refractivity contribution in [2.75, 3.05) is 19.8 Å². The molecule has 4 heteroatoms. The third kappa shape index (κ3) is 2.38. The number of rotatable bonds is 3. The standard InChI is InChI=1S/C12H16ClNO2/c13-11-4-2-10(3-5-11)12(6-7-14)15-8-1-9-16-12/h2-5H,1,6-9,14H2. The average molecular weight is 242 g/mol. The van der Waals surface area contributed by atoms with Gasteiger partial charge < -0.3 is 15.2 Å². The zero-order chi connectivity index (χ0) is 11.4. The summed E-state index contributed by atoms with van der Waals surface area (Å²) in [5.74, 6) is -0.669. The maximum Gasteiger partial charge on any atom is 0.195 e. The van der Waals surface area contributed by atoms with Crippen LogP contribution in [-0.2, 0) is 15.3 Å². The second-order valence-corrected chi connectivity index (χ2v) is 4.29. The summed E-state index contributed by atoms with van der Waals surface area (Å²) < 4.78 is 11.6. The average Bonchev–Trinajstić information content (AvgIpc) is 2.31. The summed E-state index contributed by atoms with van der Waals surface area (Å²) >= 11 is 5.87. The molecule has 1 aliphatic rings. The van der Waals surface area contributed by atoms with E-state index in [4.69, 9.17) is 26.8 Å². The van der Waals surface area contributed by atoms with Gasteiger partial charge in [-0.3, -0.25) is 0 Å². The highest BCUT2D eigenvalue weighted by molar-refractivity contribution is 6.30. The highest BCUT2D eigenvalue weighted by atomic mass is 35.5. The normalized spacial score (nSPS) is 19.6. The highest BCUT2D eigenvalue weighted by Crippen LogP contribution is 2.34. The van der Waals surface area contributed by atoms with Gasteiger partial charge in [0.05, 0.1) is 13.2 Å². The molecule has 1 saturated heterocycles. The predicted molar refractivity (Wildman–Crippen MR) is 63.3 cm³/mol. The molecule has 0 bridgehead atoms. The van der Waals surface area contributed by atoms with Gasteiger partial charge in [-0.2, -0.15) is 0 Å².